The Labute approximate surface area is 111 Å². The first-order valence-corrected chi connectivity index (χ1v) is 6.90. The molecule has 3 heteroatoms. The molecule has 19 heavy (non-hydrogen) atoms. The monoisotopic (exact) mass is 252 g/mol. The van der Waals surface area contributed by atoms with E-state index in [-0.39, 0.29) is 5.78 Å². The zero-order valence-corrected chi connectivity index (χ0v) is 10.7. The van der Waals surface area contributed by atoms with E-state index in [2.05, 4.69) is 34.1 Å². The summed E-state index contributed by atoms with van der Waals surface area (Å²) in [4.78, 5) is 17.5. The van der Waals surface area contributed by atoms with Crippen LogP contribution in [0.5, 0.6) is 0 Å². The lowest BCUT2D eigenvalue weighted by atomic mass is 9.98. The molecular formula is C16H16N2O. The van der Waals surface area contributed by atoms with Crippen LogP contribution in [0.15, 0.2) is 36.5 Å². The molecule has 3 nitrogen and oxygen atoms in total. The lowest BCUT2D eigenvalue weighted by Gasteiger charge is -2.32. The molecule has 0 saturated carbocycles. The lowest BCUT2D eigenvalue weighted by Crippen LogP contribution is -2.33. The molecule has 3 heterocycles. The number of nitrogens with zero attached hydrogens (tertiary/aromatic N) is 1. The van der Waals surface area contributed by atoms with Crippen molar-refractivity contribution < 1.29 is 4.79 Å². The summed E-state index contributed by atoms with van der Waals surface area (Å²) in [5.41, 5.74) is 3.42. The van der Waals surface area contributed by atoms with Crippen molar-refractivity contribution in [3.05, 3.63) is 42.1 Å². The predicted octanol–water partition coefficient (Wildman–Crippen LogP) is 2.95. The molecule has 1 aromatic carbocycles. The molecule has 0 spiro atoms. The van der Waals surface area contributed by atoms with Crippen molar-refractivity contribution in [1.29, 1.82) is 0 Å². The first-order chi connectivity index (χ1) is 9.31. The highest BCUT2D eigenvalue weighted by atomic mass is 16.1. The van der Waals surface area contributed by atoms with Gasteiger partial charge in [0.25, 0.3) is 0 Å². The molecule has 1 aromatic heterocycles. The van der Waals surface area contributed by atoms with Gasteiger partial charge in [0.2, 0.25) is 0 Å². The maximum atomic E-state index is 11.9. The largest absolute Gasteiger partial charge is 0.368 e. The Morgan fingerprint density at radius 2 is 2.21 bits per heavy atom. The third kappa shape index (κ3) is 1.69. The molecule has 1 atom stereocenters. The summed E-state index contributed by atoms with van der Waals surface area (Å²) in [5.74, 6) is 0.271. The second-order valence-corrected chi connectivity index (χ2v) is 5.47. The Bertz CT molecular complexity index is 683. The van der Waals surface area contributed by atoms with Crippen molar-refractivity contribution in [3.8, 4) is 0 Å². The summed E-state index contributed by atoms with van der Waals surface area (Å²) >= 11 is 0. The van der Waals surface area contributed by atoms with E-state index in [0.717, 1.165) is 29.7 Å². The van der Waals surface area contributed by atoms with Crippen LogP contribution in [0.25, 0.3) is 16.6 Å². The highest BCUT2D eigenvalue weighted by molar-refractivity contribution is 5.99. The van der Waals surface area contributed by atoms with E-state index >= 15 is 0 Å². The first kappa shape index (κ1) is 10.9. The van der Waals surface area contributed by atoms with Crippen LogP contribution in [0.3, 0.4) is 0 Å². The molecule has 1 N–H and O–H groups in total. The Morgan fingerprint density at radius 1 is 1.26 bits per heavy atom. The Balaban J connectivity index is 1.82. The molecule has 2 aliphatic rings. The number of fused-ring (bicyclic) bond motifs is 2. The number of aromatic amines is 1. The van der Waals surface area contributed by atoms with Crippen LogP contribution in [0.1, 0.15) is 24.8 Å². The average molecular weight is 252 g/mol. The topological polar surface area (TPSA) is 36.1 Å². The van der Waals surface area contributed by atoms with Gasteiger partial charge in [0, 0.05) is 47.9 Å². The minimum Gasteiger partial charge on any atom is -0.368 e. The van der Waals surface area contributed by atoms with Crippen LogP contribution >= 0.6 is 0 Å². The van der Waals surface area contributed by atoms with E-state index in [9.17, 15) is 4.79 Å². The van der Waals surface area contributed by atoms with Crippen LogP contribution in [-0.2, 0) is 4.79 Å². The highest BCUT2D eigenvalue weighted by Gasteiger charge is 2.32. The molecule has 2 aromatic rings. The van der Waals surface area contributed by atoms with E-state index in [1.165, 1.54) is 11.8 Å². The molecule has 1 fully saturated rings. The highest BCUT2D eigenvalue weighted by Crippen LogP contribution is 2.34. The zero-order chi connectivity index (χ0) is 12.8. The van der Waals surface area contributed by atoms with Crippen LogP contribution in [0.4, 0.5) is 0 Å². The maximum Gasteiger partial charge on any atom is 0.159 e. The Morgan fingerprint density at radius 3 is 3.16 bits per heavy atom. The van der Waals surface area contributed by atoms with E-state index in [0.29, 0.717) is 12.5 Å². The summed E-state index contributed by atoms with van der Waals surface area (Å²) in [6.45, 7) is 1.08. The molecule has 96 valence electrons. The SMILES string of the molecule is O=C1C=C(c2ccc3[nH]ccc3c2)N2CCC[C@@H]2C1. The van der Waals surface area contributed by atoms with Gasteiger partial charge in [0.15, 0.2) is 5.78 Å². The third-order valence-corrected chi connectivity index (χ3v) is 4.27. The van der Waals surface area contributed by atoms with Crippen molar-refractivity contribution >= 4 is 22.4 Å². The fourth-order valence-electron chi connectivity index (χ4n) is 3.35. The summed E-state index contributed by atoms with van der Waals surface area (Å²) in [7, 11) is 0. The number of rotatable bonds is 1. The van der Waals surface area contributed by atoms with Gasteiger partial charge < -0.3 is 9.88 Å². The standard InChI is InChI=1S/C16H16N2O/c19-14-9-13-2-1-7-18(13)16(10-14)12-3-4-15-11(8-12)5-6-17-15/h3-6,8,10,13,17H,1-2,7,9H2/t13-/m1/s1. The van der Waals surface area contributed by atoms with Crippen molar-refractivity contribution in [3.63, 3.8) is 0 Å². The molecule has 1 saturated heterocycles. The number of H-pyrrole nitrogens is 1. The van der Waals surface area contributed by atoms with E-state index < -0.39 is 0 Å². The summed E-state index contributed by atoms with van der Waals surface area (Å²) < 4.78 is 0. The van der Waals surface area contributed by atoms with Gasteiger partial charge in [-0.15, -0.1) is 0 Å². The summed E-state index contributed by atoms with van der Waals surface area (Å²) in [6, 6.07) is 8.88. The zero-order valence-electron chi connectivity index (χ0n) is 10.7. The number of benzene rings is 1. The van der Waals surface area contributed by atoms with Gasteiger partial charge >= 0.3 is 0 Å². The molecule has 0 unspecified atom stereocenters. The van der Waals surface area contributed by atoms with E-state index in [1.54, 1.807) is 0 Å². The Kier molecular flexibility index (Phi) is 2.28. The molecule has 0 aliphatic carbocycles. The summed E-state index contributed by atoms with van der Waals surface area (Å²) in [5, 5.41) is 1.20. The van der Waals surface area contributed by atoms with Gasteiger partial charge in [-0.05, 0) is 36.6 Å². The number of allylic oxidation sites excluding steroid dienone is 1. The number of hydrogen-bond acceptors (Lipinski definition) is 2. The van der Waals surface area contributed by atoms with Crippen molar-refractivity contribution in [2.45, 2.75) is 25.3 Å². The minimum atomic E-state index is 0.271. The fourth-order valence-corrected chi connectivity index (χ4v) is 3.35. The van der Waals surface area contributed by atoms with Crippen LogP contribution < -0.4 is 0 Å². The van der Waals surface area contributed by atoms with Gasteiger partial charge in [0.1, 0.15) is 0 Å². The molecule has 0 bridgehead atoms. The fraction of sp³-hybridized carbons (Fsp3) is 0.312. The van der Waals surface area contributed by atoms with Gasteiger partial charge in [-0.3, -0.25) is 4.79 Å². The first-order valence-electron chi connectivity index (χ1n) is 6.90. The van der Waals surface area contributed by atoms with Crippen LogP contribution in [0.2, 0.25) is 0 Å². The maximum absolute atomic E-state index is 11.9. The normalized spacial score (nSPS) is 22.7. The number of ketones is 1. The smallest absolute Gasteiger partial charge is 0.159 e. The van der Waals surface area contributed by atoms with Crippen molar-refractivity contribution in [2.75, 3.05) is 6.54 Å². The number of nitrogens with one attached hydrogen (secondary N) is 1. The van der Waals surface area contributed by atoms with E-state index in [1.807, 2.05) is 12.3 Å². The minimum absolute atomic E-state index is 0.271. The number of carbonyl (C=O) groups is 1. The lowest BCUT2D eigenvalue weighted by molar-refractivity contribution is -0.115. The third-order valence-electron chi connectivity index (χ3n) is 4.27. The molecule has 0 radical (unpaired) electrons. The predicted molar refractivity (Wildman–Crippen MR) is 75.6 cm³/mol. The average Bonchev–Trinajstić information content (AvgIpc) is 3.04. The van der Waals surface area contributed by atoms with Gasteiger partial charge in [-0.2, -0.15) is 0 Å². The molecule has 2 aliphatic heterocycles. The van der Waals surface area contributed by atoms with Gasteiger partial charge in [-0.1, -0.05) is 6.07 Å². The Hall–Kier alpha value is -2.03. The molecule has 0 amide bonds. The second kappa shape index (κ2) is 3.98. The van der Waals surface area contributed by atoms with Gasteiger partial charge in [-0.25, -0.2) is 0 Å². The quantitative estimate of drug-likeness (QED) is 0.847. The van der Waals surface area contributed by atoms with Crippen molar-refractivity contribution in [1.82, 2.24) is 9.88 Å². The van der Waals surface area contributed by atoms with Gasteiger partial charge in [0.05, 0.1) is 0 Å². The number of aromatic nitrogens is 1. The van der Waals surface area contributed by atoms with E-state index in [4.69, 9.17) is 0 Å². The van der Waals surface area contributed by atoms with Crippen molar-refractivity contribution in [2.24, 2.45) is 0 Å². The molecule has 4 rings (SSSR count). The number of hydrogen-bond donors (Lipinski definition) is 1. The van der Waals surface area contributed by atoms with Crippen LogP contribution in [0, 0.1) is 0 Å². The number of carbonyl (C=O) groups excluding carboxylic acids is 1. The molecular weight excluding hydrogens is 236 g/mol. The van der Waals surface area contributed by atoms with Crippen LogP contribution in [-0.4, -0.2) is 28.3 Å². The second-order valence-electron chi connectivity index (χ2n) is 5.47. The summed E-state index contributed by atoms with van der Waals surface area (Å²) in [6.07, 6.45) is 6.82.